The number of rotatable bonds is 4. The number of carbonyl (C=O) groups is 2. The van der Waals surface area contributed by atoms with E-state index in [4.69, 9.17) is 9.98 Å². The number of amidine groups is 1. The first-order chi connectivity index (χ1) is 16.4. The summed E-state index contributed by atoms with van der Waals surface area (Å²) in [5, 5.41) is 3.77. The number of hydrogen-bond donors (Lipinski definition) is 1. The first-order valence-electron chi connectivity index (χ1n) is 11.6. The van der Waals surface area contributed by atoms with Gasteiger partial charge in [0, 0.05) is 37.8 Å². The summed E-state index contributed by atoms with van der Waals surface area (Å²) in [6.45, 7) is 8.29. The van der Waals surface area contributed by atoms with Crippen LogP contribution in [0, 0.1) is 5.92 Å². The van der Waals surface area contributed by atoms with E-state index in [1.807, 2.05) is 74.2 Å². The Balaban J connectivity index is 1.48. The summed E-state index contributed by atoms with van der Waals surface area (Å²) < 4.78 is 0. The second-order valence-electron chi connectivity index (χ2n) is 9.26. The molecule has 0 aliphatic carbocycles. The fourth-order valence-electron chi connectivity index (χ4n) is 4.36. The van der Waals surface area contributed by atoms with Crippen LogP contribution in [0.25, 0.3) is 10.9 Å². The molecule has 174 valence electrons. The Labute approximate surface area is 198 Å². The molecule has 1 saturated heterocycles. The van der Waals surface area contributed by atoms with Crippen LogP contribution in [0.1, 0.15) is 36.8 Å². The number of nitrogens with zero attached hydrogens (tertiary/aromatic N) is 5. The number of hydrogen-bond acceptors (Lipinski definition) is 6. The summed E-state index contributed by atoms with van der Waals surface area (Å²) in [7, 11) is 0. The average Bonchev–Trinajstić information content (AvgIpc) is 3.19. The van der Waals surface area contributed by atoms with E-state index in [1.54, 1.807) is 6.20 Å². The summed E-state index contributed by atoms with van der Waals surface area (Å²) in [4.78, 5) is 44.5. The molecule has 5 rings (SSSR count). The molecule has 2 aromatic heterocycles. The van der Waals surface area contributed by atoms with Crippen molar-refractivity contribution in [1.82, 2.24) is 20.2 Å². The number of nitrogens with one attached hydrogen (secondary N) is 1. The molecule has 2 aliphatic rings. The highest BCUT2D eigenvalue weighted by molar-refractivity contribution is 6.19. The molecule has 1 N–H and O–H groups in total. The van der Waals surface area contributed by atoms with E-state index in [-0.39, 0.29) is 17.7 Å². The zero-order valence-electron chi connectivity index (χ0n) is 19.7. The quantitative estimate of drug-likeness (QED) is 0.652. The molecule has 2 aliphatic heterocycles. The zero-order chi connectivity index (χ0) is 23.9. The average molecular weight is 457 g/mol. The van der Waals surface area contributed by atoms with Crippen molar-refractivity contribution < 1.29 is 9.59 Å². The van der Waals surface area contributed by atoms with Crippen LogP contribution < -0.4 is 10.2 Å². The molecule has 0 radical (unpaired) electrons. The molecule has 0 spiro atoms. The molecule has 1 fully saturated rings. The third-order valence-corrected chi connectivity index (χ3v) is 6.88. The molecule has 0 bridgehead atoms. The molecule has 4 heterocycles. The lowest BCUT2D eigenvalue weighted by molar-refractivity contribution is -0.124. The van der Waals surface area contributed by atoms with Crippen molar-refractivity contribution in [3.8, 4) is 0 Å². The van der Waals surface area contributed by atoms with Gasteiger partial charge in [-0.3, -0.25) is 9.59 Å². The monoisotopic (exact) mass is 456 g/mol. The SMILES string of the molecule is CC(C)[C@]1(C)N=C(c2nc3ccccc3cc2C(=O)N2CCN(c3ccccn3)CC2)NC1=O. The van der Waals surface area contributed by atoms with Crippen LogP contribution in [0.15, 0.2) is 59.7 Å². The van der Waals surface area contributed by atoms with E-state index in [2.05, 4.69) is 15.2 Å². The van der Waals surface area contributed by atoms with Gasteiger partial charge >= 0.3 is 0 Å². The number of aromatic nitrogens is 2. The molecule has 3 aromatic rings. The molecule has 0 unspecified atom stereocenters. The number of fused-ring (bicyclic) bond motifs is 1. The Morgan fingerprint density at radius 1 is 1.06 bits per heavy atom. The molecule has 2 amide bonds. The number of anilines is 1. The number of piperazine rings is 1. The predicted octanol–water partition coefficient (Wildman–Crippen LogP) is 2.88. The van der Waals surface area contributed by atoms with E-state index in [0.29, 0.717) is 43.3 Å². The van der Waals surface area contributed by atoms with Gasteiger partial charge in [0.05, 0.1) is 11.1 Å². The molecule has 1 aromatic carbocycles. The third kappa shape index (κ3) is 3.79. The van der Waals surface area contributed by atoms with Gasteiger partial charge in [-0.25, -0.2) is 15.0 Å². The Morgan fingerprint density at radius 2 is 1.79 bits per heavy atom. The lowest BCUT2D eigenvalue weighted by Gasteiger charge is -2.35. The maximum atomic E-state index is 13.7. The number of carbonyl (C=O) groups excluding carboxylic acids is 2. The molecule has 8 heteroatoms. The van der Waals surface area contributed by atoms with Crippen molar-refractivity contribution in [2.45, 2.75) is 26.3 Å². The van der Waals surface area contributed by atoms with Crippen LogP contribution in [0.2, 0.25) is 0 Å². The number of aliphatic imine (C=N–C) groups is 1. The largest absolute Gasteiger partial charge is 0.353 e. The molecular formula is C26H28N6O2. The fourth-order valence-corrected chi connectivity index (χ4v) is 4.36. The topological polar surface area (TPSA) is 90.8 Å². The highest BCUT2D eigenvalue weighted by Gasteiger charge is 2.43. The molecule has 8 nitrogen and oxygen atoms in total. The van der Waals surface area contributed by atoms with Gasteiger partial charge in [0.1, 0.15) is 17.1 Å². The van der Waals surface area contributed by atoms with Gasteiger partial charge in [-0.05, 0) is 37.1 Å². The maximum absolute atomic E-state index is 13.7. The zero-order valence-corrected chi connectivity index (χ0v) is 19.7. The highest BCUT2D eigenvalue weighted by atomic mass is 16.2. The van der Waals surface area contributed by atoms with Crippen LogP contribution in [-0.2, 0) is 4.79 Å². The van der Waals surface area contributed by atoms with Crippen molar-refractivity contribution in [1.29, 1.82) is 0 Å². The van der Waals surface area contributed by atoms with Crippen molar-refractivity contribution in [3.05, 3.63) is 66.0 Å². The second kappa shape index (κ2) is 8.52. The first kappa shape index (κ1) is 22.0. The Morgan fingerprint density at radius 3 is 2.47 bits per heavy atom. The minimum absolute atomic E-state index is 0.00396. The standard InChI is InChI=1S/C26H28N6O2/c1-17(2)26(3)25(34)29-23(30-26)22-19(16-18-8-4-5-9-20(18)28-22)24(33)32-14-12-31(13-15-32)21-10-6-7-11-27-21/h4-11,16-17H,12-15H2,1-3H3,(H,29,30,34)/t26-/m0/s1. The Bertz CT molecular complexity index is 1280. The van der Waals surface area contributed by atoms with Crippen molar-refractivity contribution in [2.24, 2.45) is 10.9 Å². The number of para-hydroxylation sites is 1. The van der Waals surface area contributed by atoms with Gasteiger partial charge in [-0.2, -0.15) is 0 Å². The van der Waals surface area contributed by atoms with Gasteiger partial charge in [-0.1, -0.05) is 38.1 Å². The molecule has 1 atom stereocenters. The van der Waals surface area contributed by atoms with Gasteiger partial charge in [0.25, 0.3) is 11.8 Å². The van der Waals surface area contributed by atoms with Crippen LogP contribution >= 0.6 is 0 Å². The summed E-state index contributed by atoms with van der Waals surface area (Å²) >= 11 is 0. The summed E-state index contributed by atoms with van der Waals surface area (Å²) in [6, 6.07) is 15.4. The van der Waals surface area contributed by atoms with Crippen LogP contribution in [-0.4, -0.2) is 64.2 Å². The second-order valence-corrected chi connectivity index (χ2v) is 9.26. The minimum atomic E-state index is -0.892. The smallest absolute Gasteiger partial charge is 0.256 e. The minimum Gasteiger partial charge on any atom is -0.353 e. The van der Waals surface area contributed by atoms with E-state index in [1.165, 1.54) is 0 Å². The van der Waals surface area contributed by atoms with E-state index >= 15 is 0 Å². The van der Waals surface area contributed by atoms with Crippen molar-refractivity contribution in [2.75, 3.05) is 31.1 Å². The van der Waals surface area contributed by atoms with E-state index in [9.17, 15) is 9.59 Å². The number of pyridine rings is 2. The molecular weight excluding hydrogens is 428 g/mol. The van der Waals surface area contributed by atoms with E-state index in [0.717, 1.165) is 16.7 Å². The van der Waals surface area contributed by atoms with Crippen molar-refractivity contribution >= 4 is 34.4 Å². The van der Waals surface area contributed by atoms with Crippen LogP contribution in [0.3, 0.4) is 0 Å². The van der Waals surface area contributed by atoms with E-state index < -0.39 is 5.54 Å². The summed E-state index contributed by atoms with van der Waals surface area (Å²) in [5.41, 5.74) is 0.742. The summed E-state index contributed by atoms with van der Waals surface area (Å²) in [5.74, 6) is 1.00. The van der Waals surface area contributed by atoms with Gasteiger partial charge in [-0.15, -0.1) is 0 Å². The fraction of sp³-hybridized carbons (Fsp3) is 0.346. The van der Waals surface area contributed by atoms with Gasteiger partial charge in [0.15, 0.2) is 5.84 Å². The number of amides is 2. The van der Waals surface area contributed by atoms with Crippen LogP contribution in [0.4, 0.5) is 5.82 Å². The summed E-state index contributed by atoms with van der Waals surface area (Å²) in [6.07, 6.45) is 1.78. The normalized spacial score (nSPS) is 20.6. The lowest BCUT2D eigenvalue weighted by atomic mass is 9.89. The maximum Gasteiger partial charge on any atom is 0.256 e. The molecule has 34 heavy (non-hydrogen) atoms. The molecule has 0 saturated carbocycles. The predicted molar refractivity (Wildman–Crippen MR) is 132 cm³/mol. The van der Waals surface area contributed by atoms with Crippen molar-refractivity contribution in [3.63, 3.8) is 0 Å². The van der Waals surface area contributed by atoms with Gasteiger partial charge in [0.2, 0.25) is 0 Å². The first-order valence-corrected chi connectivity index (χ1v) is 11.6. The lowest BCUT2D eigenvalue weighted by Crippen LogP contribution is -2.49. The highest BCUT2D eigenvalue weighted by Crippen LogP contribution is 2.28. The van der Waals surface area contributed by atoms with Crippen LogP contribution in [0.5, 0.6) is 0 Å². The van der Waals surface area contributed by atoms with Gasteiger partial charge < -0.3 is 15.1 Å². The number of benzene rings is 1. The Kier molecular flexibility index (Phi) is 5.51. The third-order valence-electron chi connectivity index (χ3n) is 6.88. The Hall–Kier alpha value is -3.81.